The van der Waals surface area contributed by atoms with Crippen LogP contribution in [0.3, 0.4) is 0 Å². The van der Waals surface area contributed by atoms with Crippen molar-refractivity contribution in [3.63, 3.8) is 0 Å². The van der Waals surface area contributed by atoms with Gasteiger partial charge in [-0.1, -0.05) is 83.5 Å². The number of hydrogen-bond donors (Lipinski definition) is 4. The van der Waals surface area contributed by atoms with Crippen LogP contribution in [0.15, 0.2) is 54.6 Å². The average Bonchev–Trinajstić information content (AvgIpc) is 3.36. The van der Waals surface area contributed by atoms with E-state index in [0.29, 0.717) is 38.8 Å². The fourth-order valence-corrected chi connectivity index (χ4v) is 6.21. The van der Waals surface area contributed by atoms with Crippen LogP contribution < -0.4 is 20.7 Å². The van der Waals surface area contributed by atoms with Crippen LogP contribution in [-0.2, 0) is 27.3 Å². The number of nitrogens with zero attached hydrogens (tertiary/aromatic N) is 1. The maximum absolute atomic E-state index is 14.2. The van der Waals surface area contributed by atoms with Crippen LogP contribution in [0.1, 0.15) is 77.8 Å². The number of aliphatic hydroxyl groups excluding tert-OH is 1. The second-order valence-electron chi connectivity index (χ2n) is 12.8. The molecular weight excluding hydrogens is 568 g/mol. The number of rotatable bonds is 18. The predicted molar refractivity (Wildman–Crippen MR) is 178 cm³/mol. The Morgan fingerprint density at radius 3 is 2.40 bits per heavy atom. The standard InChI is InChI=1S/C36H54N4O5/c1-7-26(5)36(39-33(42)8-2)19-20-40(35(36)44)31(18-17-27-13-10-9-11-14-27)34(43)38-30(21-25(3)4)32(41)24-37-23-28-15-12-16-29(22-28)45-6/h9-16,22,25-26,30-32,37,41H,7-8,17-21,23-24H2,1-6H3,(H,38,43)(H,39,42)/t26-,30?,31?,32+,36-/m0/s1. The Hall–Kier alpha value is -3.43. The maximum atomic E-state index is 14.2. The minimum absolute atomic E-state index is 0.0884. The first-order valence-corrected chi connectivity index (χ1v) is 16.5. The Bertz CT molecular complexity index is 1240. The monoisotopic (exact) mass is 622 g/mol. The Morgan fingerprint density at radius 1 is 1.04 bits per heavy atom. The van der Waals surface area contributed by atoms with Gasteiger partial charge in [-0.05, 0) is 60.8 Å². The number of hydrogen-bond acceptors (Lipinski definition) is 6. The van der Waals surface area contributed by atoms with Crippen molar-refractivity contribution < 1.29 is 24.2 Å². The number of benzene rings is 2. The molecule has 1 saturated heterocycles. The minimum Gasteiger partial charge on any atom is -0.497 e. The second kappa shape index (κ2) is 17.3. The third-order valence-electron chi connectivity index (χ3n) is 9.09. The number of methoxy groups -OCH3 is 1. The molecular formula is C36H54N4O5. The summed E-state index contributed by atoms with van der Waals surface area (Å²) in [6.45, 7) is 11.1. The number of carbonyl (C=O) groups excluding carboxylic acids is 3. The van der Waals surface area contributed by atoms with Gasteiger partial charge in [0.15, 0.2) is 0 Å². The van der Waals surface area contributed by atoms with E-state index in [1.54, 1.807) is 18.9 Å². The van der Waals surface area contributed by atoms with Gasteiger partial charge in [0, 0.05) is 26.1 Å². The quantitative estimate of drug-likeness (QED) is 0.198. The maximum Gasteiger partial charge on any atom is 0.249 e. The summed E-state index contributed by atoms with van der Waals surface area (Å²) in [7, 11) is 1.63. The van der Waals surface area contributed by atoms with Crippen molar-refractivity contribution in [1.29, 1.82) is 0 Å². The molecule has 1 aliphatic rings. The highest BCUT2D eigenvalue weighted by Crippen LogP contribution is 2.34. The zero-order valence-electron chi connectivity index (χ0n) is 28.0. The van der Waals surface area contributed by atoms with E-state index in [9.17, 15) is 19.5 Å². The molecule has 0 aliphatic carbocycles. The van der Waals surface area contributed by atoms with E-state index in [1.807, 2.05) is 68.4 Å². The molecule has 2 unspecified atom stereocenters. The summed E-state index contributed by atoms with van der Waals surface area (Å²) in [5.74, 6) is 0.254. The van der Waals surface area contributed by atoms with Crippen LogP contribution in [0, 0.1) is 11.8 Å². The van der Waals surface area contributed by atoms with Gasteiger partial charge in [0.2, 0.25) is 17.7 Å². The largest absolute Gasteiger partial charge is 0.497 e. The molecule has 248 valence electrons. The summed E-state index contributed by atoms with van der Waals surface area (Å²) in [6.07, 6.45) is 2.23. The second-order valence-corrected chi connectivity index (χ2v) is 12.8. The molecule has 0 aromatic heterocycles. The molecule has 5 atom stereocenters. The van der Waals surface area contributed by atoms with E-state index in [1.165, 1.54) is 0 Å². The molecule has 2 aromatic rings. The van der Waals surface area contributed by atoms with Crippen LogP contribution in [0.25, 0.3) is 0 Å². The molecule has 0 bridgehead atoms. The van der Waals surface area contributed by atoms with E-state index in [4.69, 9.17) is 4.74 Å². The van der Waals surface area contributed by atoms with Crippen molar-refractivity contribution >= 4 is 17.7 Å². The van der Waals surface area contributed by atoms with E-state index in [-0.39, 0.29) is 42.5 Å². The summed E-state index contributed by atoms with van der Waals surface area (Å²) >= 11 is 0. The van der Waals surface area contributed by atoms with Crippen LogP contribution >= 0.6 is 0 Å². The zero-order chi connectivity index (χ0) is 33.0. The summed E-state index contributed by atoms with van der Waals surface area (Å²) in [5, 5.41) is 20.8. The number of amides is 3. The van der Waals surface area contributed by atoms with Gasteiger partial charge in [-0.25, -0.2) is 0 Å². The molecule has 3 amide bonds. The first kappa shape index (κ1) is 36.0. The molecule has 1 fully saturated rings. The highest BCUT2D eigenvalue weighted by molar-refractivity contribution is 5.97. The van der Waals surface area contributed by atoms with Gasteiger partial charge in [0.1, 0.15) is 17.3 Å². The Labute approximate surface area is 269 Å². The van der Waals surface area contributed by atoms with Gasteiger partial charge in [-0.3, -0.25) is 14.4 Å². The van der Waals surface area contributed by atoms with Gasteiger partial charge in [-0.15, -0.1) is 0 Å². The lowest BCUT2D eigenvalue weighted by atomic mass is 9.81. The fraction of sp³-hybridized carbons (Fsp3) is 0.583. The molecule has 0 spiro atoms. The van der Waals surface area contributed by atoms with E-state index >= 15 is 0 Å². The third kappa shape index (κ3) is 9.78. The van der Waals surface area contributed by atoms with Gasteiger partial charge in [-0.2, -0.15) is 0 Å². The van der Waals surface area contributed by atoms with Gasteiger partial charge >= 0.3 is 0 Å². The van der Waals surface area contributed by atoms with Crippen molar-refractivity contribution in [3.8, 4) is 5.75 Å². The molecule has 45 heavy (non-hydrogen) atoms. The number of nitrogens with one attached hydrogen (secondary N) is 3. The molecule has 1 aliphatic heterocycles. The first-order valence-electron chi connectivity index (χ1n) is 16.5. The zero-order valence-corrected chi connectivity index (χ0v) is 28.0. The highest BCUT2D eigenvalue weighted by Gasteiger charge is 2.53. The van der Waals surface area contributed by atoms with E-state index in [0.717, 1.165) is 23.3 Å². The lowest BCUT2D eigenvalue weighted by Crippen LogP contribution is -2.61. The number of aryl methyl sites for hydroxylation is 1. The summed E-state index contributed by atoms with van der Waals surface area (Å²) < 4.78 is 5.31. The molecule has 0 saturated carbocycles. The van der Waals surface area contributed by atoms with Gasteiger partial charge < -0.3 is 30.7 Å². The summed E-state index contributed by atoms with van der Waals surface area (Å²) in [5.41, 5.74) is 1.07. The van der Waals surface area contributed by atoms with E-state index < -0.39 is 23.7 Å². The summed E-state index contributed by atoms with van der Waals surface area (Å²) in [4.78, 5) is 42.6. The van der Waals surface area contributed by atoms with Gasteiger partial charge in [0.25, 0.3) is 0 Å². The fourth-order valence-electron chi connectivity index (χ4n) is 6.21. The lowest BCUT2D eigenvalue weighted by Gasteiger charge is -2.36. The predicted octanol–water partition coefficient (Wildman–Crippen LogP) is 4.22. The number of carbonyl (C=O) groups is 3. The van der Waals surface area contributed by atoms with Crippen LogP contribution in [0.2, 0.25) is 0 Å². The molecule has 3 rings (SSSR count). The molecule has 1 heterocycles. The van der Waals surface area contributed by atoms with Crippen molar-refractivity contribution in [2.24, 2.45) is 11.8 Å². The van der Waals surface area contributed by atoms with Crippen molar-refractivity contribution in [3.05, 3.63) is 65.7 Å². The Balaban J connectivity index is 1.80. The number of ether oxygens (including phenoxy) is 1. The third-order valence-corrected chi connectivity index (χ3v) is 9.09. The highest BCUT2D eigenvalue weighted by atomic mass is 16.5. The van der Waals surface area contributed by atoms with Crippen molar-refractivity contribution in [1.82, 2.24) is 20.9 Å². The van der Waals surface area contributed by atoms with Crippen molar-refractivity contribution in [2.75, 3.05) is 20.2 Å². The smallest absolute Gasteiger partial charge is 0.249 e. The SMILES string of the molecule is CCC(=O)N[C@]1([C@@H](C)CC)CCN(C(CCc2ccccc2)C(=O)NC(CC(C)C)[C@H](O)CNCc2cccc(OC)c2)C1=O. The normalized spacial score (nSPS) is 19.2. The van der Waals surface area contributed by atoms with Crippen LogP contribution in [-0.4, -0.2) is 71.7 Å². The summed E-state index contributed by atoms with van der Waals surface area (Å²) in [6, 6.07) is 16.4. The lowest BCUT2D eigenvalue weighted by molar-refractivity contribution is -0.144. The molecule has 0 radical (unpaired) electrons. The average molecular weight is 623 g/mol. The minimum atomic E-state index is -1.03. The van der Waals surface area contributed by atoms with Gasteiger partial charge in [0.05, 0.1) is 19.3 Å². The Morgan fingerprint density at radius 2 is 1.76 bits per heavy atom. The van der Waals surface area contributed by atoms with Crippen LogP contribution in [0.4, 0.5) is 0 Å². The van der Waals surface area contributed by atoms with E-state index in [2.05, 4.69) is 29.8 Å². The molecule has 9 heteroatoms. The molecule has 9 nitrogen and oxygen atoms in total. The Kier molecular flexibility index (Phi) is 13.9. The first-order chi connectivity index (χ1) is 21.5. The van der Waals surface area contributed by atoms with Crippen molar-refractivity contribution in [2.45, 2.75) is 103 Å². The topological polar surface area (TPSA) is 120 Å². The van der Waals surface area contributed by atoms with Crippen LogP contribution in [0.5, 0.6) is 5.75 Å². The molecule has 4 N–H and O–H groups in total. The molecule has 2 aromatic carbocycles. The number of likely N-dealkylation sites (tertiary alicyclic amines) is 1. The number of aliphatic hydroxyl groups is 1.